The van der Waals surface area contributed by atoms with Gasteiger partial charge in [-0.3, -0.25) is 9.59 Å². The van der Waals surface area contributed by atoms with E-state index < -0.39 is 0 Å². The Morgan fingerprint density at radius 1 is 1.08 bits per heavy atom. The molecule has 3 heteroatoms. The van der Waals surface area contributed by atoms with E-state index in [1.807, 2.05) is 0 Å². The normalized spacial score (nSPS) is 42.8. The zero-order valence-corrected chi connectivity index (χ0v) is 25.9. The smallest absolute Gasteiger partial charge is 0.302 e. The van der Waals surface area contributed by atoms with E-state index in [9.17, 15) is 9.59 Å². The molecule has 0 radical (unpaired) electrons. The fourth-order valence-corrected chi connectivity index (χ4v) is 9.85. The van der Waals surface area contributed by atoms with Crippen LogP contribution >= 0.6 is 0 Å². The average molecular weight is 513 g/mol. The summed E-state index contributed by atoms with van der Waals surface area (Å²) >= 11 is 0. The van der Waals surface area contributed by atoms with E-state index in [0.717, 1.165) is 19.3 Å². The summed E-state index contributed by atoms with van der Waals surface area (Å²) in [6.07, 6.45) is 11.1. The monoisotopic (exact) mass is 512 g/mol. The van der Waals surface area contributed by atoms with Crippen molar-refractivity contribution in [2.45, 2.75) is 134 Å². The lowest BCUT2D eigenvalue weighted by molar-refractivity contribution is -0.161. The van der Waals surface area contributed by atoms with Gasteiger partial charge in [-0.1, -0.05) is 74.8 Å². The SMILES string of the molecule is CC(=O)O[C@H]1C[C@]2(C)C3CC[C@]4(C)[C@@H](C(C)(C)[C@H](C)CCC(C)(C)C)CC[C@@]4(C)C3=CC(=O)[C@@H]2C[C@H]1C. The molecule has 0 bridgehead atoms. The maximum atomic E-state index is 13.8. The number of hydrogen-bond acceptors (Lipinski definition) is 3. The lowest BCUT2D eigenvalue weighted by atomic mass is 9.42. The van der Waals surface area contributed by atoms with Crippen LogP contribution in [-0.4, -0.2) is 17.9 Å². The van der Waals surface area contributed by atoms with Gasteiger partial charge in [0.15, 0.2) is 5.78 Å². The Labute approximate surface area is 228 Å². The highest BCUT2D eigenvalue weighted by Crippen LogP contribution is 2.73. The highest BCUT2D eigenvalue weighted by molar-refractivity contribution is 5.94. The van der Waals surface area contributed by atoms with Gasteiger partial charge in [-0.25, -0.2) is 0 Å². The van der Waals surface area contributed by atoms with Gasteiger partial charge in [0.25, 0.3) is 0 Å². The first-order valence-electron chi connectivity index (χ1n) is 15.3. The number of rotatable bonds is 5. The van der Waals surface area contributed by atoms with Crippen LogP contribution in [0.5, 0.6) is 0 Å². The van der Waals surface area contributed by atoms with Crippen LogP contribution in [0.1, 0.15) is 128 Å². The van der Waals surface area contributed by atoms with Gasteiger partial charge in [0, 0.05) is 12.8 Å². The van der Waals surface area contributed by atoms with E-state index in [-0.39, 0.29) is 45.6 Å². The molecule has 0 spiro atoms. The lowest BCUT2D eigenvalue weighted by Crippen LogP contribution is -2.57. The fourth-order valence-electron chi connectivity index (χ4n) is 9.85. The van der Waals surface area contributed by atoms with Crippen molar-refractivity contribution in [3.05, 3.63) is 11.6 Å². The summed E-state index contributed by atoms with van der Waals surface area (Å²) in [4.78, 5) is 25.7. The molecule has 1 unspecified atom stereocenters. The molecular weight excluding hydrogens is 456 g/mol. The number of carbonyl (C=O) groups is 2. The third-order valence-electron chi connectivity index (χ3n) is 12.9. The number of hydrogen-bond donors (Lipinski definition) is 0. The van der Waals surface area contributed by atoms with Crippen LogP contribution in [0.3, 0.4) is 0 Å². The molecule has 0 aliphatic heterocycles. The Kier molecular flexibility index (Phi) is 7.20. The Bertz CT molecular complexity index is 953. The third kappa shape index (κ3) is 4.57. The van der Waals surface area contributed by atoms with Crippen LogP contribution in [0.2, 0.25) is 0 Å². The van der Waals surface area contributed by atoms with E-state index in [2.05, 4.69) is 75.3 Å². The molecule has 210 valence electrons. The van der Waals surface area contributed by atoms with Gasteiger partial charge in [0.1, 0.15) is 6.10 Å². The predicted octanol–water partition coefficient (Wildman–Crippen LogP) is 8.80. The molecule has 0 heterocycles. The van der Waals surface area contributed by atoms with Crippen LogP contribution < -0.4 is 0 Å². The van der Waals surface area contributed by atoms with Gasteiger partial charge in [-0.2, -0.15) is 0 Å². The summed E-state index contributed by atoms with van der Waals surface area (Å²) in [5.74, 6) is 2.18. The number of fused-ring (bicyclic) bond motifs is 5. The second-order valence-electron chi connectivity index (χ2n) is 16.4. The predicted molar refractivity (Wildman–Crippen MR) is 152 cm³/mol. The summed E-state index contributed by atoms with van der Waals surface area (Å²) in [6.45, 7) is 25.8. The standard InChI is InChI=1S/C34H56O3/c1-21-18-26-27(36)19-25-24(32(26,9)20-28(21)37-23(3)35)13-16-34(11)29(14-17-33(25,34)10)31(7,8)22(2)12-15-30(4,5)6/h19,21-22,24,26,28-29H,12-18,20H2,1-11H3/t21-,22-,24?,26+,28+,29-,32-,33+,34-/m1/s1. The molecule has 4 aliphatic carbocycles. The van der Waals surface area contributed by atoms with Crippen LogP contribution in [0.4, 0.5) is 0 Å². The van der Waals surface area contributed by atoms with Gasteiger partial charge >= 0.3 is 5.97 Å². The fraction of sp³-hybridized carbons (Fsp3) is 0.882. The Morgan fingerprint density at radius 3 is 2.32 bits per heavy atom. The highest BCUT2D eigenvalue weighted by Gasteiger charge is 2.66. The first-order chi connectivity index (χ1) is 16.9. The molecule has 0 amide bonds. The van der Waals surface area contributed by atoms with Crippen LogP contribution in [0, 0.1) is 56.7 Å². The number of allylic oxidation sites excluding steroid dienone is 2. The molecule has 3 fully saturated rings. The lowest BCUT2D eigenvalue weighted by Gasteiger charge is -2.62. The minimum atomic E-state index is -0.193. The minimum absolute atomic E-state index is 0.0575. The summed E-state index contributed by atoms with van der Waals surface area (Å²) in [5.41, 5.74) is 2.22. The van der Waals surface area contributed by atoms with Crippen molar-refractivity contribution >= 4 is 11.8 Å². The molecule has 3 saturated carbocycles. The molecule has 0 saturated heterocycles. The maximum Gasteiger partial charge on any atom is 0.302 e. The van der Waals surface area contributed by atoms with Crippen molar-refractivity contribution in [2.75, 3.05) is 0 Å². The molecule has 0 aromatic rings. The van der Waals surface area contributed by atoms with Gasteiger partial charge in [0.2, 0.25) is 0 Å². The molecule has 4 rings (SSSR count). The number of ether oxygens (including phenoxy) is 1. The zero-order chi connectivity index (χ0) is 27.8. The highest BCUT2D eigenvalue weighted by atomic mass is 16.5. The Balaban J connectivity index is 1.66. The van der Waals surface area contributed by atoms with Crippen molar-refractivity contribution < 1.29 is 14.3 Å². The van der Waals surface area contributed by atoms with Crippen LogP contribution in [0.25, 0.3) is 0 Å². The van der Waals surface area contributed by atoms with Crippen LogP contribution in [-0.2, 0) is 14.3 Å². The first-order valence-corrected chi connectivity index (χ1v) is 15.3. The molecule has 0 aromatic carbocycles. The molecule has 4 aliphatic rings. The number of esters is 1. The summed E-state index contributed by atoms with van der Waals surface area (Å²) in [6, 6.07) is 0. The van der Waals surface area contributed by atoms with E-state index >= 15 is 0 Å². The number of ketones is 1. The van der Waals surface area contributed by atoms with Crippen molar-refractivity contribution in [3.8, 4) is 0 Å². The average Bonchev–Trinajstić information content (AvgIpc) is 3.05. The molecule has 3 nitrogen and oxygen atoms in total. The summed E-state index contributed by atoms with van der Waals surface area (Å²) in [5, 5.41) is 0. The molecule has 0 N–H and O–H groups in total. The first kappa shape index (κ1) is 28.9. The van der Waals surface area contributed by atoms with Crippen molar-refractivity contribution in [1.29, 1.82) is 0 Å². The van der Waals surface area contributed by atoms with Crippen molar-refractivity contribution in [2.24, 2.45) is 56.7 Å². The van der Waals surface area contributed by atoms with Gasteiger partial charge in [-0.05, 0) is 108 Å². The van der Waals surface area contributed by atoms with Gasteiger partial charge in [-0.15, -0.1) is 0 Å². The minimum Gasteiger partial charge on any atom is -0.462 e. The van der Waals surface area contributed by atoms with Crippen LogP contribution in [0.15, 0.2) is 11.6 Å². The molecular formula is C34H56O3. The maximum absolute atomic E-state index is 13.8. The zero-order valence-electron chi connectivity index (χ0n) is 25.9. The second kappa shape index (κ2) is 9.22. The van der Waals surface area contributed by atoms with Crippen molar-refractivity contribution in [1.82, 2.24) is 0 Å². The molecule has 0 aromatic heterocycles. The topological polar surface area (TPSA) is 43.4 Å². The molecule has 9 atom stereocenters. The van der Waals surface area contributed by atoms with Crippen molar-refractivity contribution in [3.63, 3.8) is 0 Å². The summed E-state index contributed by atoms with van der Waals surface area (Å²) < 4.78 is 5.83. The van der Waals surface area contributed by atoms with Gasteiger partial charge < -0.3 is 4.74 Å². The Morgan fingerprint density at radius 2 is 1.73 bits per heavy atom. The van der Waals surface area contributed by atoms with E-state index in [1.54, 1.807) is 0 Å². The van der Waals surface area contributed by atoms with Gasteiger partial charge in [0.05, 0.1) is 0 Å². The third-order valence-corrected chi connectivity index (χ3v) is 12.9. The van der Waals surface area contributed by atoms with E-state index in [1.165, 1.54) is 44.6 Å². The molecule has 37 heavy (non-hydrogen) atoms. The number of carbonyl (C=O) groups excluding carboxylic acids is 2. The largest absolute Gasteiger partial charge is 0.462 e. The quantitative estimate of drug-likeness (QED) is 0.346. The van der Waals surface area contributed by atoms with E-state index in [0.29, 0.717) is 29.0 Å². The Hall–Kier alpha value is -1.12. The second-order valence-corrected chi connectivity index (χ2v) is 16.4. The van der Waals surface area contributed by atoms with E-state index in [4.69, 9.17) is 4.74 Å². The summed E-state index contributed by atoms with van der Waals surface area (Å²) in [7, 11) is 0.